The number of ether oxygens (including phenoxy) is 1. The number of rotatable bonds is 6. The molecule has 0 aliphatic rings. The Balaban J connectivity index is 1.99. The fourth-order valence-corrected chi connectivity index (χ4v) is 2.78. The van der Waals surface area contributed by atoms with E-state index in [2.05, 4.69) is 50.9 Å². The summed E-state index contributed by atoms with van der Waals surface area (Å²) in [4.78, 5) is 0. The first-order valence-corrected chi connectivity index (χ1v) is 8.58. The zero-order valence-electron chi connectivity index (χ0n) is 12.0. The van der Waals surface area contributed by atoms with Crippen LogP contribution in [0.4, 0.5) is 0 Å². The van der Waals surface area contributed by atoms with Crippen LogP contribution in [-0.4, -0.2) is 6.04 Å². The SMILES string of the molecule is CCC(N)Cc1ccc(OCc2ccc(Br)cc2)c(Br)c1. The van der Waals surface area contributed by atoms with E-state index in [4.69, 9.17) is 10.5 Å². The van der Waals surface area contributed by atoms with E-state index in [-0.39, 0.29) is 6.04 Å². The topological polar surface area (TPSA) is 35.2 Å². The Bertz CT molecular complexity index is 584. The molecule has 2 rings (SSSR count). The van der Waals surface area contributed by atoms with Crippen LogP contribution in [0.5, 0.6) is 5.75 Å². The smallest absolute Gasteiger partial charge is 0.134 e. The number of hydrogen-bond donors (Lipinski definition) is 1. The summed E-state index contributed by atoms with van der Waals surface area (Å²) in [7, 11) is 0. The summed E-state index contributed by atoms with van der Waals surface area (Å²) in [6, 6.07) is 14.5. The molecule has 0 aromatic heterocycles. The van der Waals surface area contributed by atoms with Crippen LogP contribution < -0.4 is 10.5 Å². The van der Waals surface area contributed by atoms with Crippen molar-refractivity contribution < 1.29 is 4.74 Å². The molecule has 2 N–H and O–H groups in total. The van der Waals surface area contributed by atoms with Gasteiger partial charge in [-0.3, -0.25) is 0 Å². The third kappa shape index (κ3) is 5.13. The summed E-state index contributed by atoms with van der Waals surface area (Å²) in [6.07, 6.45) is 1.88. The van der Waals surface area contributed by atoms with Gasteiger partial charge in [-0.25, -0.2) is 0 Å². The molecule has 0 aliphatic carbocycles. The van der Waals surface area contributed by atoms with Gasteiger partial charge in [-0.05, 0) is 64.2 Å². The molecule has 0 heterocycles. The van der Waals surface area contributed by atoms with Crippen LogP contribution in [0.15, 0.2) is 51.4 Å². The summed E-state index contributed by atoms with van der Waals surface area (Å²) in [5.41, 5.74) is 8.36. The Morgan fingerprint density at radius 3 is 2.33 bits per heavy atom. The van der Waals surface area contributed by atoms with Crippen molar-refractivity contribution in [3.8, 4) is 5.75 Å². The molecule has 21 heavy (non-hydrogen) atoms. The molecule has 0 saturated heterocycles. The lowest BCUT2D eigenvalue weighted by Crippen LogP contribution is -2.21. The van der Waals surface area contributed by atoms with Gasteiger partial charge in [-0.1, -0.05) is 41.1 Å². The number of nitrogens with two attached hydrogens (primary N) is 1. The average molecular weight is 413 g/mol. The van der Waals surface area contributed by atoms with Gasteiger partial charge in [0, 0.05) is 10.5 Å². The third-order valence-corrected chi connectivity index (χ3v) is 4.47. The van der Waals surface area contributed by atoms with Gasteiger partial charge in [0.2, 0.25) is 0 Å². The largest absolute Gasteiger partial charge is 0.488 e. The van der Waals surface area contributed by atoms with Crippen LogP contribution in [0.3, 0.4) is 0 Å². The lowest BCUT2D eigenvalue weighted by Gasteiger charge is -2.12. The maximum Gasteiger partial charge on any atom is 0.134 e. The minimum Gasteiger partial charge on any atom is -0.488 e. The molecule has 112 valence electrons. The molecule has 0 spiro atoms. The van der Waals surface area contributed by atoms with E-state index in [0.717, 1.165) is 33.1 Å². The van der Waals surface area contributed by atoms with Crippen molar-refractivity contribution in [2.45, 2.75) is 32.4 Å². The molecular weight excluding hydrogens is 394 g/mol. The first-order chi connectivity index (χ1) is 10.1. The Morgan fingerprint density at radius 2 is 1.71 bits per heavy atom. The third-order valence-electron chi connectivity index (χ3n) is 3.33. The van der Waals surface area contributed by atoms with Gasteiger partial charge in [0.1, 0.15) is 12.4 Å². The molecule has 0 fully saturated rings. The highest BCUT2D eigenvalue weighted by molar-refractivity contribution is 9.10. The predicted octanol–water partition coefficient (Wildman–Crippen LogP) is 5.07. The Labute approximate surface area is 143 Å². The number of hydrogen-bond acceptors (Lipinski definition) is 2. The summed E-state index contributed by atoms with van der Waals surface area (Å²) in [6.45, 7) is 2.66. The highest BCUT2D eigenvalue weighted by Gasteiger charge is 2.06. The average Bonchev–Trinajstić information content (AvgIpc) is 2.48. The minimum absolute atomic E-state index is 0.214. The fourth-order valence-electron chi connectivity index (χ4n) is 1.98. The first kappa shape index (κ1) is 16.5. The molecule has 0 bridgehead atoms. The zero-order valence-corrected chi connectivity index (χ0v) is 15.2. The van der Waals surface area contributed by atoms with Gasteiger partial charge in [0.25, 0.3) is 0 Å². The van der Waals surface area contributed by atoms with Crippen molar-refractivity contribution in [1.29, 1.82) is 0 Å². The standard InChI is InChI=1S/C17H19Br2NO/c1-2-15(20)9-13-5-8-17(16(19)10-13)21-11-12-3-6-14(18)7-4-12/h3-8,10,15H,2,9,11,20H2,1H3. The van der Waals surface area contributed by atoms with E-state index >= 15 is 0 Å². The normalized spacial score (nSPS) is 12.2. The lowest BCUT2D eigenvalue weighted by atomic mass is 10.0. The van der Waals surface area contributed by atoms with Crippen molar-refractivity contribution in [2.24, 2.45) is 5.73 Å². The maximum atomic E-state index is 5.99. The van der Waals surface area contributed by atoms with Crippen LogP contribution in [0.2, 0.25) is 0 Å². The lowest BCUT2D eigenvalue weighted by molar-refractivity contribution is 0.304. The first-order valence-electron chi connectivity index (χ1n) is 6.99. The molecule has 2 aromatic rings. The molecule has 0 aliphatic heterocycles. The monoisotopic (exact) mass is 411 g/mol. The Morgan fingerprint density at radius 1 is 1.05 bits per heavy atom. The van der Waals surface area contributed by atoms with E-state index in [1.807, 2.05) is 30.3 Å². The molecule has 0 radical (unpaired) electrons. The van der Waals surface area contributed by atoms with Crippen molar-refractivity contribution in [1.82, 2.24) is 0 Å². The number of halogens is 2. The molecule has 1 unspecified atom stereocenters. The van der Waals surface area contributed by atoms with E-state index in [1.54, 1.807) is 0 Å². The quantitative estimate of drug-likeness (QED) is 0.718. The van der Waals surface area contributed by atoms with Crippen molar-refractivity contribution in [3.63, 3.8) is 0 Å². The highest BCUT2D eigenvalue weighted by atomic mass is 79.9. The molecule has 2 nitrogen and oxygen atoms in total. The van der Waals surface area contributed by atoms with Gasteiger partial charge in [-0.2, -0.15) is 0 Å². The number of benzene rings is 2. The molecule has 2 aromatic carbocycles. The predicted molar refractivity (Wildman–Crippen MR) is 94.6 cm³/mol. The van der Waals surface area contributed by atoms with Crippen molar-refractivity contribution >= 4 is 31.9 Å². The van der Waals surface area contributed by atoms with E-state index < -0.39 is 0 Å². The van der Waals surface area contributed by atoms with E-state index in [1.165, 1.54) is 5.56 Å². The second-order valence-electron chi connectivity index (χ2n) is 5.05. The minimum atomic E-state index is 0.214. The molecule has 1 atom stereocenters. The summed E-state index contributed by atoms with van der Waals surface area (Å²) in [5.74, 6) is 0.853. The zero-order chi connectivity index (χ0) is 15.2. The Hall–Kier alpha value is -0.840. The van der Waals surface area contributed by atoms with Crippen LogP contribution in [0.25, 0.3) is 0 Å². The van der Waals surface area contributed by atoms with Crippen LogP contribution in [0.1, 0.15) is 24.5 Å². The van der Waals surface area contributed by atoms with Gasteiger partial charge >= 0.3 is 0 Å². The Kier molecular flexibility index (Phi) is 6.27. The fraction of sp³-hybridized carbons (Fsp3) is 0.294. The van der Waals surface area contributed by atoms with Gasteiger partial charge in [0.05, 0.1) is 4.47 Å². The van der Waals surface area contributed by atoms with E-state index in [9.17, 15) is 0 Å². The van der Waals surface area contributed by atoms with Gasteiger partial charge < -0.3 is 10.5 Å². The van der Waals surface area contributed by atoms with Crippen molar-refractivity contribution in [2.75, 3.05) is 0 Å². The maximum absolute atomic E-state index is 5.99. The molecular formula is C17H19Br2NO. The van der Waals surface area contributed by atoms with Gasteiger partial charge in [0.15, 0.2) is 0 Å². The summed E-state index contributed by atoms with van der Waals surface area (Å²) < 4.78 is 7.90. The second kappa shape index (κ2) is 7.97. The van der Waals surface area contributed by atoms with Crippen molar-refractivity contribution in [3.05, 3.63) is 62.5 Å². The molecule has 0 saturated carbocycles. The molecule has 0 amide bonds. The van der Waals surface area contributed by atoms with Crippen LogP contribution >= 0.6 is 31.9 Å². The summed E-state index contributed by atoms with van der Waals surface area (Å²) in [5, 5.41) is 0. The molecule has 4 heteroatoms. The van der Waals surface area contributed by atoms with E-state index in [0.29, 0.717) is 6.61 Å². The second-order valence-corrected chi connectivity index (χ2v) is 6.82. The van der Waals surface area contributed by atoms with Crippen LogP contribution in [0, 0.1) is 0 Å². The summed E-state index contributed by atoms with van der Waals surface area (Å²) >= 11 is 7.00. The van der Waals surface area contributed by atoms with Crippen LogP contribution in [-0.2, 0) is 13.0 Å². The highest BCUT2D eigenvalue weighted by Crippen LogP contribution is 2.27. The van der Waals surface area contributed by atoms with Gasteiger partial charge in [-0.15, -0.1) is 0 Å².